The molecule has 5 nitrogen and oxygen atoms in total. The Morgan fingerprint density at radius 2 is 1.86 bits per heavy atom. The average molecular weight is 302 g/mol. The summed E-state index contributed by atoms with van der Waals surface area (Å²) in [7, 11) is 0. The van der Waals surface area contributed by atoms with E-state index in [-0.39, 0.29) is 0 Å². The van der Waals surface area contributed by atoms with Crippen molar-refractivity contribution in [2.75, 3.05) is 0 Å². The van der Waals surface area contributed by atoms with Gasteiger partial charge >= 0.3 is 12.2 Å². The van der Waals surface area contributed by atoms with Gasteiger partial charge in [-0.2, -0.15) is 13.2 Å². The first kappa shape index (κ1) is 15.3. The number of halogens is 3. The highest BCUT2D eigenvalue weighted by Gasteiger charge is 2.65. The van der Waals surface area contributed by atoms with Crippen molar-refractivity contribution in [1.82, 2.24) is 10.6 Å². The van der Waals surface area contributed by atoms with E-state index in [1.54, 1.807) is 18.2 Å². The maximum atomic E-state index is 13.2. The molecule has 0 radical (unpaired) electrons. The lowest BCUT2D eigenvalue weighted by Gasteiger charge is -2.44. The third-order valence-corrected chi connectivity index (χ3v) is 3.40. The number of carbonyl (C=O) groups is 2. The second-order valence-corrected chi connectivity index (χ2v) is 4.84. The van der Waals surface area contributed by atoms with Gasteiger partial charge in [-0.25, -0.2) is 4.79 Å². The van der Waals surface area contributed by atoms with Gasteiger partial charge in [-0.1, -0.05) is 30.3 Å². The highest BCUT2D eigenvalue weighted by molar-refractivity contribution is 5.86. The van der Waals surface area contributed by atoms with Gasteiger partial charge in [0.25, 0.3) is 0 Å². The van der Waals surface area contributed by atoms with Crippen LogP contribution in [0, 0.1) is 5.92 Å². The van der Waals surface area contributed by atoms with Gasteiger partial charge in [-0.3, -0.25) is 4.79 Å². The Morgan fingerprint density at radius 3 is 2.33 bits per heavy atom. The van der Waals surface area contributed by atoms with E-state index >= 15 is 0 Å². The van der Waals surface area contributed by atoms with Gasteiger partial charge in [0.2, 0.25) is 5.72 Å². The molecule has 1 aromatic rings. The number of benzene rings is 1. The summed E-state index contributed by atoms with van der Waals surface area (Å²) in [4.78, 5) is 23.2. The molecule has 114 valence electrons. The molecule has 1 saturated heterocycles. The van der Waals surface area contributed by atoms with E-state index in [1.165, 1.54) is 17.4 Å². The maximum Gasteiger partial charge on any atom is 0.437 e. The second kappa shape index (κ2) is 5.03. The lowest BCUT2D eigenvalue weighted by molar-refractivity contribution is -0.290. The summed E-state index contributed by atoms with van der Waals surface area (Å²) in [6.45, 7) is 0.941. The molecule has 0 aliphatic carbocycles. The van der Waals surface area contributed by atoms with Gasteiger partial charge in [0, 0.05) is 0 Å². The van der Waals surface area contributed by atoms with Gasteiger partial charge in [0.1, 0.15) is 5.78 Å². The molecule has 21 heavy (non-hydrogen) atoms. The van der Waals surface area contributed by atoms with Crippen LogP contribution in [-0.4, -0.2) is 28.8 Å². The number of carbonyl (C=O) groups excluding carboxylic acids is 2. The van der Waals surface area contributed by atoms with Crippen molar-refractivity contribution in [2.45, 2.75) is 24.9 Å². The molecule has 3 atom stereocenters. The molecular weight excluding hydrogens is 289 g/mol. The first-order valence-corrected chi connectivity index (χ1v) is 6.10. The first-order valence-electron chi connectivity index (χ1n) is 6.10. The minimum Gasteiger partial charge on any atom is -0.363 e. The number of nitrogens with one attached hydrogen (secondary N) is 2. The molecular formula is C13H13F3N2O3. The predicted molar refractivity (Wildman–Crippen MR) is 66.0 cm³/mol. The standard InChI is InChI=1S/C13H13F3N2O3/c1-7(19)9-10(8-5-3-2-4-6-8)17-11(20)18-12(9,21)13(14,15)16/h2-6,9-10,21H,1H3,(H2,17,18,20)/t9-,10-,12+/m0/s1. The quantitative estimate of drug-likeness (QED) is 0.774. The Kier molecular flexibility index (Phi) is 3.66. The second-order valence-electron chi connectivity index (χ2n) is 4.84. The molecule has 8 heteroatoms. The fraction of sp³-hybridized carbons (Fsp3) is 0.385. The summed E-state index contributed by atoms with van der Waals surface area (Å²) < 4.78 is 39.5. The van der Waals surface area contributed by atoms with E-state index < -0.39 is 35.7 Å². The molecule has 1 aromatic carbocycles. The van der Waals surface area contributed by atoms with E-state index in [2.05, 4.69) is 5.32 Å². The molecule has 1 heterocycles. The Hall–Kier alpha value is -2.09. The smallest absolute Gasteiger partial charge is 0.363 e. The molecule has 2 amide bonds. The molecule has 0 saturated carbocycles. The van der Waals surface area contributed by atoms with Crippen molar-refractivity contribution in [3.8, 4) is 0 Å². The van der Waals surface area contributed by atoms with Crippen LogP contribution in [0.15, 0.2) is 30.3 Å². The van der Waals surface area contributed by atoms with Gasteiger partial charge in [0.05, 0.1) is 12.0 Å². The highest BCUT2D eigenvalue weighted by Crippen LogP contribution is 2.42. The fourth-order valence-corrected chi connectivity index (χ4v) is 2.46. The number of rotatable bonds is 2. The van der Waals surface area contributed by atoms with Crippen molar-refractivity contribution < 1.29 is 27.9 Å². The third-order valence-electron chi connectivity index (χ3n) is 3.40. The summed E-state index contributed by atoms with van der Waals surface area (Å²) in [5.41, 5.74) is -3.31. The molecule has 0 unspecified atom stereocenters. The molecule has 1 aliphatic rings. The van der Waals surface area contributed by atoms with Crippen molar-refractivity contribution in [2.24, 2.45) is 5.92 Å². The monoisotopic (exact) mass is 302 g/mol. The largest absolute Gasteiger partial charge is 0.437 e. The van der Waals surface area contributed by atoms with Gasteiger partial charge in [-0.05, 0) is 12.5 Å². The van der Waals surface area contributed by atoms with Crippen LogP contribution in [0.2, 0.25) is 0 Å². The number of hydrogen-bond donors (Lipinski definition) is 3. The lowest BCUT2D eigenvalue weighted by Crippen LogP contribution is -2.72. The summed E-state index contributed by atoms with van der Waals surface area (Å²) in [6, 6.07) is 5.25. The Bertz CT molecular complexity index is 562. The minimum atomic E-state index is -5.19. The Balaban J connectivity index is 2.54. The minimum absolute atomic E-state index is 0.301. The summed E-state index contributed by atoms with van der Waals surface area (Å²) in [6.07, 6.45) is -5.19. The SMILES string of the molecule is CC(=O)[C@H]1[C@H](c2ccccc2)NC(=O)N[C@]1(O)C(F)(F)F. The number of Topliss-reactive ketones (excluding diaryl/α,β-unsaturated/α-hetero) is 1. The van der Waals surface area contributed by atoms with Gasteiger partial charge in [0.15, 0.2) is 0 Å². The average Bonchev–Trinajstić information content (AvgIpc) is 2.37. The van der Waals surface area contributed by atoms with Crippen LogP contribution < -0.4 is 10.6 Å². The molecule has 0 bridgehead atoms. The van der Waals surface area contributed by atoms with Crippen LogP contribution in [0.1, 0.15) is 18.5 Å². The van der Waals surface area contributed by atoms with Crippen LogP contribution in [0.5, 0.6) is 0 Å². The zero-order valence-electron chi connectivity index (χ0n) is 10.9. The molecule has 2 rings (SSSR count). The van der Waals surface area contributed by atoms with Gasteiger partial charge < -0.3 is 15.7 Å². The highest BCUT2D eigenvalue weighted by atomic mass is 19.4. The van der Waals surface area contributed by atoms with Crippen molar-refractivity contribution in [1.29, 1.82) is 0 Å². The normalized spacial score (nSPS) is 29.5. The number of hydrogen-bond acceptors (Lipinski definition) is 3. The van der Waals surface area contributed by atoms with Gasteiger partial charge in [-0.15, -0.1) is 0 Å². The third kappa shape index (κ3) is 2.58. The van der Waals surface area contributed by atoms with Crippen LogP contribution in [0.25, 0.3) is 0 Å². The van der Waals surface area contributed by atoms with Crippen molar-refractivity contribution in [3.63, 3.8) is 0 Å². The summed E-state index contributed by atoms with van der Waals surface area (Å²) >= 11 is 0. The van der Waals surface area contributed by atoms with Crippen LogP contribution >= 0.6 is 0 Å². The molecule has 0 spiro atoms. The molecule has 0 aromatic heterocycles. The molecule has 3 N–H and O–H groups in total. The van der Waals surface area contributed by atoms with E-state index in [1.807, 2.05) is 0 Å². The first-order chi connectivity index (χ1) is 9.67. The predicted octanol–water partition coefficient (Wildman–Crippen LogP) is 1.50. The van der Waals surface area contributed by atoms with Crippen LogP contribution in [-0.2, 0) is 4.79 Å². The van der Waals surface area contributed by atoms with Crippen LogP contribution in [0.3, 0.4) is 0 Å². The van der Waals surface area contributed by atoms with E-state index in [0.717, 1.165) is 6.92 Å². The number of aliphatic hydroxyl groups is 1. The summed E-state index contributed by atoms with van der Waals surface area (Å²) in [5.74, 6) is -2.78. The lowest BCUT2D eigenvalue weighted by atomic mass is 9.79. The maximum absolute atomic E-state index is 13.2. The molecule has 1 fully saturated rings. The summed E-state index contributed by atoms with van der Waals surface area (Å²) in [5, 5.41) is 13.6. The van der Waals surface area contributed by atoms with Crippen LogP contribution in [0.4, 0.5) is 18.0 Å². The topological polar surface area (TPSA) is 78.4 Å². The Morgan fingerprint density at radius 1 is 1.29 bits per heavy atom. The van der Waals surface area contributed by atoms with Crippen molar-refractivity contribution >= 4 is 11.8 Å². The number of alkyl halides is 3. The number of urea groups is 1. The Labute approximate surface area is 118 Å². The fourth-order valence-electron chi connectivity index (χ4n) is 2.46. The van der Waals surface area contributed by atoms with E-state index in [0.29, 0.717) is 5.56 Å². The van der Waals surface area contributed by atoms with E-state index in [4.69, 9.17) is 0 Å². The van der Waals surface area contributed by atoms with Crippen molar-refractivity contribution in [3.05, 3.63) is 35.9 Å². The number of ketones is 1. The zero-order chi connectivity index (χ0) is 15.8. The molecule has 1 aliphatic heterocycles. The number of amides is 2. The van der Waals surface area contributed by atoms with E-state index in [9.17, 15) is 27.9 Å². The zero-order valence-corrected chi connectivity index (χ0v) is 10.9.